The molecule has 1 aliphatic rings. The van der Waals surface area contributed by atoms with E-state index in [-0.39, 0.29) is 25.5 Å². The first-order valence-electron chi connectivity index (χ1n) is 8.66. The summed E-state index contributed by atoms with van der Waals surface area (Å²) in [5.41, 5.74) is 3.96. The average Bonchev–Trinajstić information content (AvgIpc) is 3.21. The maximum absolute atomic E-state index is 10.5. The van der Waals surface area contributed by atoms with Crippen LogP contribution in [0.2, 0.25) is 0 Å². The minimum absolute atomic E-state index is 0.0196. The van der Waals surface area contributed by atoms with Crippen LogP contribution < -0.4 is 0 Å². The van der Waals surface area contributed by atoms with Crippen molar-refractivity contribution in [2.45, 2.75) is 12.5 Å². The Labute approximate surface area is 155 Å². The summed E-state index contributed by atoms with van der Waals surface area (Å²) < 4.78 is 0. The second-order valence-corrected chi connectivity index (χ2v) is 6.27. The van der Waals surface area contributed by atoms with Crippen LogP contribution in [-0.4, -0.2) is 51.0 Å². The van der Waals surface area contributed by atoms with Gasteiger partial charge < -0.3 is 25.1 Å². The van der Waals surface area contributed by atoms with Gasteiger partial charge in [0.2, 0.25) is 0 Å². The van der Waals surface area contributed by atoms with Gasteiger partial charge in [-0.2, -0.15) is 0 Å². The lowest BCUT2D eigenvalue weighted by molar-refractivity contribution is 0.0507. The number of para-hydroxylation sites is 2. The van der Waals surface area contributed by atoms with Crippen molar-refractivity contribution in [1.82, 2.24) is 4.98 Å². The fraction of sp³-hybridized carbons (Fsp3) is 0.200. The SMILES string of the molecule is OCC(O)CCO/N=C1\C(c2c(O)[nH]c3ccccc23)=Nc2ccccc21. The number of aromatic amines is 1. The second-order valence-electron chi connectivity index (χ2n) is 6.27. The number of aliphatic hydroxyl groups is 2. The van der Waals surface area contributed by atoms with E-state index >= 15 is 0 Å². The van der Waals surface area contributed by atoms with Crippen molar-refractivity contribution < 1.29 is 20.2 Å². The van der Waals surface area contributed by atoms with E-state index < -0.39 is 6.10 Å². The van der Waals surface area contributed by atoms with Gasteiger partial charge in [-0.25, -0.2) is 4.99 Å². The first-order valence-corrected chi connectivity index (χ1v) is 8.66. The summed E-state index contributed by atoms with van der Waals surface area (Å²) >= 11 is 0. The van der Waals surface area contributed by atoms with Crippen LogP contribution in [0.5, 0.6) is 5.88 Å². The molecule has 27 heavy (non-hydrogen) atoms. The maximum Gasteiger partial charge on any atom is 0.199 e. The Morgan fingerprint density at radius 2 is 1.89 bits per heavy atom. The van der Waals surface area contributed by atoms with Gasteiger partial charge in [0, 0.05) is 22.9 Å². The number of nitrogens with zero attached hydrogens (tertiary/aromatic N) is 2. The molecule has 4 rings (SSSR count). The molecule has 0 spiro atoms. The highest BCUT2D eigenvalue weighted by Crippen LogP contribution is 2.35. The quantitative estimate of drug-likeness (QED) is 0.397. The van der Waals surface area contributed by atoms with Crippen LogP contribution >= 0.6 is 0 Å². The Morgan fingerprint density at radius 1 is 1.11 bits per heavy atom. The molecule has 0 radical (unpaired) electrons. The highest BCUT2D eigenvalue weighted by Gasteiger charge is 2.29. The zero-order chi connectivity index (χ0) is 18.8. The molecule has 1 atom stereocenters. The van der Waals surface area contributed by atoms with Crippen LogP contribution in [0.25, 0.3) is 10.9 Å². The van der Waals surface area contributed by atoms with E-state index in [1.165, 1.54) is 0 Å². The van der Waals surface area contributed by atoms with Crippen molar-refractivity contribution in [2.24, 2.45) is 10.1 Å². The molecule has 138 valence electrons. The van der Waals surface area contributed by atoms with Crippen molar-refractivity contribution in [3.05, 3.63) is 59.7 Å². The molecule has 1 aliphatic heterocycles. The van der Waals surface area contributed by atoms with Gasteiger partial charge in [-0.05, 0) is 12.1 Å². The van der Waals surface area contributed by atoms with Crippen LogP contribution in [0.15, 0.2) is 58.7 Å². The van der Waals surface area contributed by atoms with E-state index in [0.29, 0.717) is 17.0 Å². The molecule has 1 aromatic heterocycles. The highest BCUT2D eigenvalue weighted by molar-refractivity contribution is 6.58. The number of oxime groups is 1. The van der Waals surface area contributed by atoms with E-state index in [4.69, 9.17) is 9.94 Å². The largest absolute Gasteiger partial charge is 0.494 e. The molecular weight excluding hydrogens is 346 g/mol. The molecule has 0 saturated heterocycles. The lowest BCUT2D eigenvalue weighted by atomic mass is 10.0. The number of aromatic hydroxyl groups is 1. The van der Waals surface area contributed by atoms with Crippen molar-refractivity contribution in [1.29, 1.82) is 0 Å². The topological polar surface area (TPSA) is 110 Å². The van der Waals surface area contributed by atoms with Crippen molar-refractivity contribution in [3.63, 3.8) is 0 Å². The van der Waals surface area contributed by atoms with Crippen molar-refractivity contribution in [2.75, 3.05) is 13.2 Å². The third kappa shape index (κ3) is 3.18. The first kappa shape index (κ1) is 17.3. The molecule has 2 heterocycles. The monoisotopic (exact) mass is 365 g/mol. The minimum atomic E-state index is -0.841. The third-order valence-corrected chi connectivity index (χ3v) is 4.45. The number of hydrogen-bond donors (Lipinski definition) is 4. The summed E-state index contributed by atoms with van der Waals surface area (Å²) in [5.74, 6) is 0.0196. The molecule has 2 aromatic carbocycles. The third-order valence-electron chi connectivity index (χ3n) is 4.45. The van der Waals surface area contributed by atoms with Crippen LogP contribution in [-0.2, 0) is 4.84 Å². The van der Waals surface area contributed by atoms with Crippen LogP contribution in [0.4, 0.5) is 5.69 Å². The summed E-state index contributed by atoms with van der Waals surface area (Å²) in [7, 11) is 0. The molecular formula is C20H19N3O4. The number of hydrogen-bond acceptors (Lipinski definition) is 6. The average molecular weight is 365 g/mol. The van der Waals surface area contributed by atoms with E-state index in [2.05, 4.69) is 15.1 Å². The van der Waals surface area contributed by atoms with Gasteiger partial charge in [0.25, 0.3) is 0 Å². The number of benzene rings is 2. The summed E-state index contributed by atoms with van der Waals surface area (Å²) in [4.78, 5) is 13.0. The van der Waals surface area contributed by atoms with Gasteiger partial charge >= 0.3 is 0 Å². The zero-order valence-corrected chi connectivity index (χ0v) is 14.5. The molecule has 4 N–H and O–H groups in total. The first-order chi connectivity index (χ1) is 13.2. The predicted octanol–water partition coefficient (Wildman–Crippen LogP) is 2.47. The molecule has 0 saturated carbocycles. The molecule has 0 bridgehead atoms. The summed E-state index contributed by atoms with van der Waals surface area (Å²) in [5, 5.41) is 33.8. The zero-order valence-electron chi connectivity index (χ0n) is 14.5. The Morgan fingerprint density at radius 3 is 2.74 bits per heavy atom. The van der Waals surface area contributed by atoms with E-state index in [1.54, 1.807) is 0 Å². The number of H-pyrrole nitrogens is 1. The van der Waals surface area contributed by atoms with E-state index in [1.807, 2.05) is 48.5 Å². The van der Waals surface area contributed by atoms with E-state index in [9.17, 15) is 10.2 Å². The molecule has 1 unspecified atom stereocenters. The van der Waals surface area contributed by atoms with Crippen molar-refractivity contribution >= 4 is 28.0 Å². The lowest BCUT2D eigenvalue weighted by Crippen LogP contribution is -2.16. The fourth-order valence-electron chi connectivity index (χ4n) is 3.10. The summed E-state index contributed by atoms with van der Waals surface area (Å²) in [6.45, 7) is -0.167. The number of nitrogens with one attached hydrogen (secondary N) is 1. The van der Waals surface area contributed by atoms with Gasteiger partial charge in [-0.15, -0.1) is 0 Å². The minimum Gasteiger partial charge on any atom is -0.494 e. The van der Waals surface area contributed by atoms with Gasteiger partial charge in [-0.3, -0.25) is 0 Å². The van der Waals surface area contributed by atoms with Crippen molar-refractivity contribution in [3.8, 4) is 5.88 Å². The normalized spacial score (nSPS) is 15.8. The molecule has 0 aliphatic carbocycles. The Bertz CT molecular complexity index is 1040. The number of fused-ring (bicyclic) bond motifs is 2. The molecule has 7 heteroatoms. The molecule has 0 fully saturated rings. The van der Waals surface area contributed by atoms with Crippen LogP contribution in [0.3, 0.4) is 0 Å². The van der Waals surface area contributed by atoms with Gasteiger partial charge in [0.1, 0.15) is 18.0 Å². The summed E-state index contributed by atoms with van der Waals surface area (Å²) in [6, 6.07) is 15.1. The fourth-order valence-corrected chi connectivity index (χ4v) is 3.10. The molecule has 7 nitrogen and oxygen atoms in total. The van der Waals surface area contributed by atoms with Gasteiger partial charge in [0.05, 0.1) is 24.0 Å². The highest BCUT2D eigenvalue weighted by atomic mass is 16.6. The van der Waals surface area contributed by atoms with Gasteiger partial charge in [-0.1, -0.05) is 41.6 Å². The summed E-state index contributed by atoms with van der Waals surface area (Å²) in [6.07, 6.45) is -0.577. The smallest absolute Gasteiger partial charge is 0.199 e. The molecule has 3 aromatic rings. The number of rotatable bonds is 6. The predicted molar refractivity (Wildman–Crippen MR) is 103 cm³/mol. The molecule has 0 amide bonds. The second kappa shape index (κ2) is 7.22. The lowest BCUT2D eigenvalue weighted by Gasteiger charge is -2.07. The van der Waals surface area contributed by atoms with Crippen LogP contribution in [0, 0.1) is 0 Å². The number of aliphatic hydroxyl groups excluding tert-OH is 2. The number of aliphatic imine (C=N–C) groups is 1. The standard InChI is InChI=1S/C20H19N3O4/c24-11-12(25)9-10-27-23-18-14-6-2-4-8-16(14)21-19(18)17-13-5-1-3-7-15(13)22-20(17)26/h1-8,12,22,24-26H,9-11H2/b23-18-. The Balaban J connectivity index is 1.73. The van der Waals surface area contributed by atoms with E-state index in [0.717, 1.165) is 22.2 Å². The van der Waals surface area contributed by atoms with Gasteiger partial charge in [0.15, 0.2) is 5.88 Å². The Hall–Kier alpha value is -3.16. The van der Waals surface area contributed by atoms with Crippen LogP contribution in [0.1, 0.15) is 17.5 Å². The Kier molecular flexibility index (Phi) is 4.62. The maximum atomic E-state index is 10.5. The number of aromatic nitrogens is 1.